The molecule has 180 valence electrons. The number of H-pyrrole nitrogens is 1. The van der Waals surface area contributed by atoms with Crippen molar-refractivity contribution in [2.75, 3.05) is 14.2 Å². The van der Waals surface area contributed by atoms with Crippen molar-refractivity contribution >= 4 is 29.7 Å². The molecule has 0 aliphatic carbocycles. The maximum absolute atomic E-state index is 13.1. The summed E-state index contributed by atoms with van der Waals surface area (Å²) in [5.74, 6) is -3.04. The molecule has 1 atom stereocenters. The van der Waals surface area contributed by atoms with E-state index in [0.29, 0.717) is 0 Å². The van der Waals surface area contributed by atoms with Crippen molar-refractivity contribution < 1.29 is 42.9 Å². The molecule has 1 fully saturated rings. The minimum atomic E-state index is -1.04. The number of aromatic amines is 1. The zero-order valence-electron chi connectivity index (χ0n) is 18.9. The lowest BCUT2D eigenvalue weighted by Gasteiger charge is -2.10. The average Bonchev–Trinajstić information content (AvgIpc) is 3.44. The smallest absolute Gasteiger partial charge is 0.355 e. The van der Waals surface area contributed by atoms with Gasteiger partial charge in [-0.25, -0.2) is 4.79 Å². The second-order valence-corrected chi connectivity index (χ2v) is 7.60. The number of carbonyl (C=O) groups excluding carboxylic acids is 5. The van der Waals surface area contributed by atoms with Gasteiger partial charge in [-0.3, -0.25) is 19.2 Å². The first-order chi connectivity index (χ1) is 16.3. The largest absolute Gasteiger partial charge is 0.469 e. The number of ketones is 1. The molecule has 0 spiro atoms. The number of nitrogens with one attached hydrogen (secondary N) is 1. The number of benzene rings is 1. The molecule has 1 saturated heterocycles. The molecule has 10 heteroatoms. The van der Waals surface area contributed by atoms with Crippen molar-refractivity contribution in [1.82, 2.24) is 4.98 Å². The van der Waals surface area contributed by atoms with E-state index in [1.807, 2.05) is 6.07 Å². The van der Waals surface area contributed by atoms with Crippen LogP contribution in [0.3, 0.4) is 0 Å². The van der Waals surface area contributed by atoms with Crippen LogP contribution >= 0.6 is 0 Å². The van der Waals surface area contributed by atoms with Gasteiger partial charge in [0, 0.05) is 19.3 Å². The molecule has 0 radical (unpaired) electrons. The Bertz CT molecular complexity index is 1090. The molecule has 34 heavy (non-hydrogen) atoms. The van der Waals surface area contributed by atoms with E-state index < -0.39 is 35.8 Å². The summed E-state index contributed by atoms with van der Waals surface area (Å²) in [4.78, 5) is 64.3. The summed E-state index contributed by atoms with van der Waals surface area (Å²) in [6.45, 7) is -0.0228. The molecule has 3 rings (SSSR count). The minimum Gasteiger partial charge on any atom is -0.469 e. The predicted molar refractivity (Wildman–Crippen MR) is 116 cm³/mol. The number of rotatable bonds is 10. The van der Waals surface area contributed by atoms with E-state index >= 15 is 0 Å². The van der Waals surface area contributed by atoms with Gasteiger partial charge in [-0.05, 0) is 23.1 Å². The van der Waals surface area contributed by atoms with E-state index in [4.69, 9.17) is 14.2 Å². The van der Waals surface area contributed by atoms with Gasteiger partial charge in [-0.2, -0.15) is 0 Å². The first kappa shape index (κ1) is 24.7. The summed E-state index contributed by atoms with van der Waals surface area (Å²) in [7, 11) is 2.42. The molecular formula is C24H25NO9. The Morgan fingerprint density at radius 1 is 1.00 bits per heavy atom. The SMILES string of the molecule is COC(=O)CCc1c(C(=O)OCc2ccccc2)[nH]c(C(=O)C2CCC(=O)O2)c1CC(=O)OC. The maximum Gasteiger partial charge on any atom is 0.355 e. The van der Waals surface area contributed by atoms with Crippen molar-refractivity contribution in [2.45, 2.75) is 44.8 Å². The highest BCUT2D eigenvalue weighted by molar-refractivity contribution is 6.04. The standard InChI is InChI=1S/C24H25NO9/c1-31-18(26)10-8-15-16(12-20(28)32-2)21(23(29)17-9-11-19(27)34-17)25-22(15)24(30)33-13-14-6-4-3-5-7-14/h3-7,17,25H,8-13H2,1-2H3. The zero-order chi connectivity index (χ0) is 24.7. The third-order valence-electron chi connectivity index (χ3n) is 5.41. The van der Waals surface area contributed by atoms with Gasteiger partial charge in [0.2, 0.25) is 5.78 Å². The maximum atomic E-state index is 13.1. The molecule has 10 nitrogen and oxygen atoms in total. The Labute approximate surface area is 195 Å². The average molecular weight is 471 g/mol. The van der Waals surface area contributed by atoms with E-state index in [0.717, 1.165) is 5.56 Å². The first-order valence-corrected chi connectivity index (χ1v) is 10.7. The van der Waals surface area contributed by atoms with Crippen molar-refractivity contribution in [3.63, 3.8) is 0 Å². The molecule has 1 unspecified atom stereocenters. The van der Waals surface area contributed by atoms with Crippen LogP contribution in [0.2, 0.25) is 0 Å². The Balaban J connectivity index is 1.99. The van der Waals surface area contributed by atoms with Gasteiger partial charge in [-0.15, -0.1) is 0 Å². The second-order valence-electron chi connectivity index (χ2n) is 7.60. The van der Waals surface area contributed by atoms with Crippen molar-refractivity contribution in [3.8, 4) is 0 Å². The lowest BCUT2D eigenvalue weighted by molar-refractivity contribution is -0.141. The number of hydrogen-bond acceptors (Lipinski definition) is 9. The molecule has 1 aliphatic heterocycles. The molecule has 2 aromatic rings. The summed E-state index contributed by atoms with van der Waals surface area (Å²) in [5.41, 5.74) is 1.09. The Morgan fingerprint density at radius 2 is 1.71 bits per heavy atom. The van der Waals surface area contributed by atoms with Crippen LogP contribution in [0.5, 0.6) is 0 Å². The number of aromatic nitrogens is 1. The lowest BCUT2D eigenvalue weighted by atomic mass is 9.97. The van der Waals surface area contributed by atoms with Crippen molar-refractivity contribution in [2.24, 2.45) is 0 Å². The fraction of sp³-hybridized carbons (Fsp3) is 0.375. The fourth-order valence-corrected chi connectivity index (χ4v) is 3.65. The van der Waals surface area contributed by atoms with Gasteiger partial charge in [0.05, 0.1) is 26.3 Å². The van der Waals surface area contributed by atoms with Gasteiger partial charge < -0.3 is 23.9 Å². The Morgan fingerprint density at radius 3 is 2.32 bits per heavy atom. The van der Waals surface area contributed by atoms with E-state index in [1.54, 1.807) is 24.3 Å². The van der Waals surface area contributed by atoms with E-state index in [9.17, 15) is 24.0 Å². The van der Waals surface area contributed by atoms with Gasteiger partial charge in [-0.1, -0.05) is 30.3 Å². The van der Waals surface area contributed by atoms with Crippen LogP contribution < -0.4 is 0 Å². The molecule has 1 aromatic carbocycles. The summed E-state index contributed by atoms with van der Waals surface area (Å²) in [5, 5.41) is 0. The number of ether oxygens (including phenoxy) is 4. The van der Waals surface area contributed by atoms with Gasteiger partial charge in [0.25, 0.3) is 0 Å². The number of Topliss-reactive ketones (excluding diaryl/α,β-unsaturated/α-hetero) is 1. The van der Waals surface area contributed by atoms with Crippen LogP contribution in [0.25, 0.3) is 0 Å². The molecular weight excluding hydrogens is 446 g/mol. The van der Waals surface area contributed by atoms with Crippen LogP contribution in [-0.4, -0.2) is 55.0 Å². The summed E-state index contributed by atoms with van der Waals surface area (Å²) in [6, 6.07) is 8.99. The third-order valence-corrected chi connectivity index (χ3v) is 5.41. The molecule has 0 saturated carbocycles. The van der Waals surface area contributed by atoms with E-state index in [2.05, 4.69) is 9.72 Å². The second kappa shape index (κ2) is 11.3. The number of carbonyl (C=O) groups is 5. The van der Waals surface area contributed by atoms with Crippen LogP contribution in [0.15, 0.2) is 30.3 Å². The highest BCUT2D eigenvalue weighted by Gasteiger charge is 2.35. The minimum absolute atomic E-state index is 0.00298. The van der Waals surface area contributed by atoms with Crippen LogP contribution in [0, 0.1) is 0 Å². The van der Waals surface area contributed by atoms with Crippen LogP contribution in [0.1, 0.15) is 56.9 Å². The number of esters is 4. The van der Waals surface area contributed by atoms with Crippen LogP contribution in [-0.2, 0) is 52.8 Å². The van der Waals surface area contributed by atoms with Gasteiger partial charge in [0.15, 0.2) is 6.10 Å². The highest BCUT2D eigenvalue weighted by Crippen LogP contribution is 2.27. The lowest BCUT2D eigenvalue weighted by Crippen LogP contribution is -2.23. The van der Waals surface area contributed by atoms with Crippen molar-refractivity contribution in [3.05, 3.63) is 58.4 Å². The summed E-state index contributed by atoms with van der Waals surface area (Å²) in [6.07, 6.45) is -1.21. The normalized spacial score (nSPS) is 14.9. The molecule has 1 aromatic heterocycles. The molecule has 1 N–H and O–H groups in total. The summed E-state index contributed by atoms with van der Waals surface area (Å²) >= 11 is 0. The first-order valence-electron chi connectivity index (χ1n) is 10.7. The third kappa shape index (κ3) is 5.89. The monoisotopic (exact) mass is 471 g/mol. The van der Waals surface area contributed by atoms with Crippen molar-refractivity contribution in [1.29, 1.82) is 0 Å². The van der Waals surface area contributed by atoms with Gasteiger partial charge >= 0.3 is 23.9 Å². The quantitative estimate of drug-likeness (QED) is 0.313. The van der Waals surface area contributed by atoms with E-state index in [-0.39, 0.29) is 61.2 Å². The topological polar surface area (TPSA) is 138 Å². The number of hydrogen-bond donors (Lipinski definition) is 1. The molecule has 2 heterocycles. The fourth-order valence-electron chi connectivity index (χ4n) is 3.65. The molecule has 0 amide bonds. The molecule has 0 bridgehead atoms. The Kier molecular flexibility index (Phi) is 8.18. The summed E-state index contributed by atoms with van der Waals surface area (Å²) < 4.78 is 19.9. The predicted octanol–water partition coefficient (Wildman–Crippen LogP) is 2.08. The highest BCUT2D eigenvalue weighted by atomic mass is 16.6. The van der Waals surface area contributed by atoms with E-state index in [1.165, 1.54) is 14.2 Å². The van der Waals surface area contributed by atoms with Gasteiger partial charge in [0.1, 0.15) is 12.3 Å². The number of methoxy groups -OCH3 is 2. The van der Waals surface area contributed by atoms with Crippen LogP contribution in [0.4, 0.5) is 0 Å². The molecule has 1 aliphatic rings. The number of cyclic esters (lactones) is 1. The zero-order valence-corrected chi connectivity index (χ0v) is 18.9. The Hall–Kier alpha value is -3.95.